The van der Waals surface area contributed by atoms with E-state index in [0.717, 1.165) is 17.9 Å². The summed E-state index contributed by atoms with van der Waals surface area (Å²) in [6.45, 7) is 2.13. The Hall–Kier alpha value is -1.54. The van der Waals surface area contributed by atoms with Gasteiger partial charge in [0.25, 0.3) is 0 Å². The van der Waals surface area contributed by atoms with Gasteiger partial charge in [0.2, 0.25) is 5.88 Å². The van der Waals surface area contributed by atoms with Crippen LogP contribution in [0.25, 0.3) is 0 Å². The van der Waals surface area contributed by atoms with Crippen LogP contribution in [0.1, 0.15) is 18.2 Å². The number of alkyl halides is 1. The van der Waals surface area contributed by atoms with Gasteiger partial charge in [-0.25, -0.2) is 4.98 Å². The van der Waals surface area contributed by atoms with E-state index in [4.69, 9.17) is 16.3 Å². The van der Waals surface area contributed by atoms with E-state index < -0.39 is 0 Å². The summed E-state index contributed by atoms with van der Waals surface area (Å²) in [5.41, 5.74) is 2.11. The Morgan fingerprint density at radius 2 is 1.88 bits per heavy atom. The number of hydrogen-bond acceptors (Lipinski definition) is 2. The van der Waals surface area contributed by atoms with Gasteiger partial charge in [-0.15, -0.1) is 11.6 Å². The first-order chi connectivity index (χ1) is 8.31. The summed E-state index contributed by atoms with van der Waals surface area (Å²) in [6, 6.07) is 13.6. The number of aromatic nitrogens is 1. The molecule has 2 rings (SSSR count). The van der Waals surface area contributed by atoms with E-state index in [1.807, 2.05) is 30.3 Å². The van der Waals surface area contributed by atoms with Crippen molar-refractivity contribution < 1.29 is 4.74 Å². The van der Waals surface area contributed by atoms with Crippen molar-refractivity contribution in [2.24, 2.45) is 0 Å². The molecule has 0 aliphatic carbocycles. The average Bonchev–Trinajstić information content (AvgIpc) is 2.40. The third-order valence-electron chi connectivity index (χ3n) is 2.47. The van der Waals surface area contributed by atoms with E-state index in [9.17, 15) is 0 Å². The number of aryl methyl sites for hydroxylation is 1. The maximum absolute atomic E-state index is 5.72. The van der Waals surface area contributed by atoms with Crippen LogP contribution in [0.5, 0.6) is 11.6 Å². The van der Waals surface area contributed by atoms with Gasteiger partial charge < -0.3 is 4.74 Å². The minimum absolute atomic E-state index is 0.395. The molecule has 0 spiro atoms. The van der Waals surface area contributed by atoms with Gasteiger partial charge in [0, 0.05) is 6.07 Å². The number of nitrogens with zero attached hydrogens (tertiary/aromatic N) is 1. The van der Waals surface area contributed by atoms with Crippen molar-refractivity contribution >= 4 is 11.6 Å². The van der Waals surface area contributed by atoms with Crippen LogP contribution in [-0.2, 0) is 12.3 Å². The van der Waals surface area contributed by atoms with Crippen molar-refractivity contribution in [2.75, 3.05) is 0 Å². The van der Waals surface area contributed by atoms with Gasteiger partial charge in [0.05, 0.1) is 11.6 Å². The second-order valence-electron chi connectivity index (χ2n) is 3.70. The number of ether oxygens (including phenoxy) is 1. The molecule has 88 valence electrons. The molecule has 0 unspecified atom stereocenters. The van der Waals surface area contributed by atoms with Crippen molar-refractivity contribution in [3.63, 3.8) is 0 Å². The van der Waals surface area contributed by atoms with Crippen molar-refractivity contribution in [3.8, 4) is 11.6 Å². The number of hydrogen-bond donors (Lipinski definition) is 0. The minimum Gasteiger partial charge on any atom is -0.439 e. The maximum atomic E-state index is 5.72. The van der Waals surface area contributed by atoms with E-state index in [2.05, 4.69) is 24.0 Å². The lowest BCUT2D eigenvalue weighted by Gasteiger charge is -2.06. The predicted octanol–water partition coefficient (Wildman–Crippen LogP) is 4.18. The zero-order chi connectivity index (χ0) is 12.1. The molecule has 1 aromatic carbocycles. The zero-order valence-corrected chi connectivity index (χ0v) is 10.4. The molecule has 17 heavy (non-hydrogen) atoms. The zero-order valence-electron chi connectivity index (χ0n) is 9.69. The van der Waals surface area contributed by atoms with Gasteiger partial charge in [-0.3, -0.25) is 0 Å². The lowest BCUT2D eigenvalue weighted by atomic mass is 10.2. The Morgan fingerprint density at radius 1 is 1.12 bits per heavy atom. The Balaban J connectivity index is 2.13. The summed E-state index contributed by atoms with van der Waals surface area (Å²) in [6.07, 6.45) is 1.03. The van der Waals surface area contributed by atoms with Gasteiger partial charge in [-0.1, -0.05) is 25.1 Å². The third kappa shape index (κ3) is 3.21. The summed E-state index contributed by atoms with van der Waals surface area (Å²) in [4.78, 5) is 4.27. The predicted molar refractivity (Wildman–Crippen MR) is 69.7 cm³/mol. The van der Waals surface area contributed by atoms with Crippen LogP contribution < -0.4 is 4.74 Å². The monoisotopic (exact) mass is 247 g/mol. The van der Waals surface area contributed by atoms with Crippen molar-refractivity contribution in [1.29, 1.82) is 0 Å². The van der Waals surface area contributed by atoms with Crippen LogP contribution in [0.3, 0.4) is 0 Å². The topological polar surface area (TPSA) is 22.1 Å². The Bertz CT molecular complexity index is 482. The molecule has 0 N–H and O–H groups in total. The summed E-state index contributed by atoms with van der Waals surface area (Å²) in [5, 5.41) is 0. The van der Waals surface area contributed by atoms with Gasteiger partial charge in [-0.2, -0.15) is 0 Å². The molecular weight excluding hydrogens is 234 g/mol. The molecule has 0 saturated heterocycles. The molecule has 0 bridgehead atoms. The molecule has 2 aromatic rings. The molecule has 0 radical (unpaired) electrons. The van der Waals surface area contributed by atoms with Gasteiger partial charge in [0.15, 0.2) is 0 Å². The molecule has 0 atom stereocenters. The van der Waals surface area contributed by atoms with Crippen molar-refractivity contribution in [1.82, 2.24) is 4.98 Å². The third-order valence-corrected chi connectivity index (χ3v) is 2.75. The fraction of sp³-hybridized carbons (Fsp3) is 0.214. The summed E-state index contributed by atoms with van der Waals surface area (Å²) >= 11 is 5.72. The molecule has 0 aliphatic heterocycles. The maximum Gasteiger partial charge on any atom is 0.219 e. The first-order valence-electron chi connectivity index (χ1n) is 5.60. The van der Waals surface area contributed by atoms with Crippen molar-refractivity contribution in [3.05, 3.63) is 53.7 Å². The van der Waals surface area contributed by atoms with E-state index >= 15 is 0 Å². The highest BCUT2D eigenvalue weighted by atomic mass is 35.5. The molecule has 0 amide bonds. The average molecular weight is 248 g/mol. The van der Waals surface area contributed by atoms with Crippen LogP contribution in [0.15, 0.2) is 42.5 Å². The first kappa shape index (κ1) is 11.9. The summed E-state index contributed by atoms with van der Waals surface area (Å²) in [7, 11) is 0. The molecule has 3 heteroatoms. The van der Waals surface area contributed by atoms with Crippen LogP contribution >= 0.6 is 11.6 Å². The lowest BCUT2D eigenvalue weighted by molar-refractivity contribution is 0.461. The Labute approximate surface area is 106 Å². The lowest BCUT2D eigenvalue weighted by Crippen LogP contribution is -1.91. The normalized spacial score (nSPS) is 10.2. The van der Waals surface area contributed by atoms with E-state index in [1.54, 1.807) is 0 Å². The van der Waals surface area contributed by atoms with Gasteiger partial charge >= 0.3 is 0 Å². The second kappa shape index (κ2) is 5.69. The quantitative estimate of drug-likeness (QED) is 0.757. The van der Waals surface area contributed by atoms with Gasteiger partial charge in [0.1, 0.15) is 5.75 Å². The molecule has 0 fully saturated rings. The Morgan fingerprint density at radius 3 is 2.53 bits per heavy atom. The van der Waals surface area contributed by atoms with Crippen LogP contribution in [0, 0.1) is 0 Å². The first-order valence-corrected chi connectivity index (χ1v) is 6.14. The fourth-order valence-corrected chi connectivity index (χ4v) is 1.65. The molecule has 1 aromatic heterocycles. The van der Waals surface area contributed by atoms with Gasteiger partial charge in [-0.05, 0) is 30.2 Å². The number of halogens is 1. The standard InChI is InChI=1S/C14H14ClNO/c1-2-11-6-8-13(9-7-11)17-14-5-3-4-12(10-15)16-14/h3-9H,2,10H2,1H3. The molecule has 1 heterocycles. The van der Waals surface area contributed by atoms with Crippen molar-refractivity contribution in [2.45, 2.75) is 19.2 Å². The molecule has 0 aliphatic rings. The largest absolute Gasteiger partial charge is 0.439 e. The summed E-state index contributed by atoms with van der Waals surface area (Å²) in [5.74, 6) is 1.76. The molecular formula is C14H14ClNO. The number of rotatable bonds is 4. The highest BCUT2D eigenvalue weighted by Gasteiger charge is 2.00. The van der Waals surface area contributed by atoms with Crippen LogP contribution in [-0.4, -0.2) is 4.98 Å². The Kier molecular flexibility index (Phi) is 3.99. The van der Waals surface area contributed by atoms with E-state index in [1.165, 1.54) is 5.56 Å². The van der Waals surface area contributed by atoms with Crippen LogP contribution in [0.2, 0.25) is 0 Å². The summed E-state index contributed by atoms with van der Waals surface area (Å²) < 4.78 is 5.65. The fourth-order valence-electron chi connectivity index (χ4n) is 1.50. The van der Waals surface area contributed by atoms with Crippen LogP contribution in [0.4, 0.5) is 0 Å². The smallest absolute Gasteiger partial charge is 0.219 e. The van der Waals surface area contributed by atoms with E-state index in [0.29, 0.717) is 11.8 Å². The molecule has 2 nitrogen and oxygen atoms in total. The number of benzene rings is 1. The highest BCUT2D eigenvalue weighted by molar-refractivity contribution is 6.16. The number of pyridine rings is 1. The SMILES string of the molecule is CCc1ccc(Oc2cccc(CCl)n2)cc1. The highest BCUT2D eigenvalue weighted by Crippen LogP contribution is 2.20. The molecule has 0 saturated carbocycles. The van der Waals surface area contributed by atoms with E-state index in [-0.39, 0.29) is 0 Å². The minimum atomic E-state index is 0.395. The second-order valence-corrected chi connectivity index (χ2v) is 3.97.